The zero-order valence-corrected chi connectivity index (χ0v) is 24.6. The van der Waals surface area contributed by atoms with Gasteiger partial charge in [-0.1, -0.05) is 13.8 Å². The van der Waals surface area contributed by atoms with E-state index < -0.39 is 23.1 Å². The molecule has 1 saturated carbocycles. The minimum atomic E-state index is -4.58. The molecule has 0 radical (unpaired) electrons. The lowest BCUT2D eigenvalue weighted by molar-refractivity contribution is -0.138. The fourth-order valence-electron chi connectivity index (χ4n) is 7.28. The summed E-state index contributed by atoms with van der Waals surface area (Å²) < 4.78 is 45.1. The van der Waals surface area contributed by atoms with Gasteiger partial charge in [0.15, 0.2) is 0 Å². The fraction of sp³-hybridized carbons (Fsp3) is 0.548. The number of anilines is 2. The normalized spacial score (nSPS) is 24.5. The Kier molecular flexibility index (Phi) is 7.27. The summed E-state index contributed by atoms with van der Waals surface area (Å²) in [6.07, 6.45) is 0.941. The van der Waals surface area contributed by atoms with E-state index in [1.54, 1.807) is 12.4 Å². The van der Waals surface area contributed by atoms with Crippen LogP contribution in [0.1, 0.15) is 84.9 Å². The van der Waals surface area contributed by atoms with Gasteiger partial charge in [0.1, 0.15) is 23.8 Å². The zero-order chi connectivity index (χ0) is 29.8. The van der Waals surface area contributed by atoms with Gasteiger partial charge in [-0.15, -0.1) is 10.2 Å². The Morgan fingerprint density at radius 2 is 1.90 bits per heavy atom. The number of aromatic nitrogens is 4. The van der Waals surface area contributed by atoms with Gasteiger partial charge < -0.3 is 9.88 Å². The molecule has 3 aromatic rings. The first-order valence-electron chi connectivity index (χ1n) is 14.9. The highest BCUT2D eigenvalue weighted by atomic mass is 19.4. The van der Waals surface area contributed by atoms with Crippen LogP contribution in [0.2, 0.25) is 0 Å². The molecule has 0 spiro atoms. The molecule has 2 aliphatic heterocycles. The predicted octanol–water partition coefficient (Wildman–Crippen LogP) is 5.77. The molecule has 1 saturated heterocycles. The number of hydrogen-bond acceptors (Lipinski definition) is 6. The minimum Gasteiger partial charge on any atom is -0.370 e. The summed E-state index contributed by atoms with van der Waals surface area (Å²) in [6.45, 7) is 8.81. The molecule has 3 aliphatic rings. The van der Waals surface area contributed by atoms with Gasteiger partial charge in [0, 0.05) is 32.2 Å². The van der Waals surface area contributed by atoms with Crippen LogP contribution in [-0.4, -0.2) is 50.2 Å². The number of nitrogens with zero attached hydrogens (tertiary/aromatic N) is 6. The number of pyridine rings is 1. The van der Waals surface area contributed by atoms with Crippen LogP contribution < -0.4 is 10.2 Å². The maximum atomic E-state index is 14.4. The first kappa shape index (κ1) is 28.6. The Balaban J connectivity index is 1.40. The Hall–Kier alpha value is -3.47. The molecule has 0 unspecified atom stereocenters. The monoisotopic (exact) mass is 581 g/mol. The van der Waals surface area contributed by atoms with Crippen molar-refractivity contribution < 1.29 is 18.0 Å². The summed E-state index contributed by atoms with van der Waals surface area (Å²) in [5.74, 6) is 2.25. The van der Waals surface area contributed by atoms with Gasteiger partial charge in [-0.05, 0) is 91.9 Å². The van der Waals surface area contributed by atoms with E-state index in [-0.39, 0.29) is 17.7 Å². The van der Waals surface area contributed by atoms with Crippen molar-refractivity contribution in [1.29, 1.82) is 0 Å². The molecule has 6 rings (SSSR count). The van der Waals surface area contributed by atoms with Crippen molar-refractivity contribution in [2.75, 3.05) is 29.9 Å². The summed E-state index contributed by atoms with van der Waals surface area (Å²) in [5.41, 5.74) is 0.422. The average Bonchev–Trinajstić information content (AvgIpc) is 3.49. The lowest BCUT2D eigenvalue weighted by atomic mass is 9.58. The van der Waals surface area contributed by atoms with Crippen LogP contribution in [-0.2, 0) is 31.7 Å². The van der Waals surface area contributed by atoms with E-state index in [2.05, 4.69) is 34.3 Å². The zero-order valence-electron chi connectivity index (χ0n) is 24.6. The molecule has 11 heteroatoms. The standard InChI is InChI=1S/C31H38F3N7O/c1-5-35-26-11-22(30(13-20(3)14-30)29-38-36-18-39(29)4)12-27(37-26)41-17-24-23(28(41)42)9-21(10-25(24)31(32,33)34)16-40-8-6-7-19(2)15-40/h9-12,18-20H,5-8,13-17H2,1-4H3,(H,35,37)/t19-,20?,30?/m0/s1. The van der Waals surface area contributed by atoms with Crippen molar-refractivity contribution in [2.45, 2.75) is 71.1 Å². The van der Waals surface area contributed by atoms with E-state index in [1.807, 2.05) is 30.7 Å². The van der Waals surface area contributed by atoms with Crippen LogP contribution in [0.5, 0.6) is 0 Å². The van der Waals surface area contributed by atoms with Crippen LogP contribution in [0, 0.1) is 11.8 Å². The number of halogens is 3. The number of aryl methyl sites for hydroxylation is 1. The van der Waals surface area contributed by atoms with Gasteiger partial charge in [0.05, 0.1) is 17.5 Å². The molecule has 2 fully saturated rings. The third-order valence-electron chi connectivity index (χ3n) is 9.09. The Labute approximate surface area is 244 Å². The van der Waals surface area contributed by atoms with Crippen molar-refractivity contribution in [1.82, 2.24) is 24.6 Å². The number of hydrogen-bond donors (Lipinski definition) is 1. The van der Waals surface area contributed by atoms with Crippen molar-refractivity contribution in [3.8, 4) is 0 Å². The van der Waals surface area contributed by atoms with Gasteiger partial charge >= 0.3 is 6.18 Å². The molecule has 8 nitrogen and oxygen atoms in total. The summed E-state index contributed by atoms with van der Waals surface area (Å²) in [6, 6.07) is 6.73. The molecule has 1 amide bonds. The van der Waals surface area contributed by atoms with E-state index in [9.17, 15) is 18.0 Å². The van der Waals surface area contributed by atoms with Crippen molar-refractivity contribution >= 4 is 17.5 Å². The number of nitrogens with one attached hydrogen (secondary N) is 1. The Morgan fingerprint density at radius 3 is 2.55 bits per heavy atom. The maximum Gasteiger partial charge on any atom is 0.416 e. The lowest BCUT2D eigenvalue weighted by Gasteiger charge is -2.46. The smallest absolute Gasteiger partial charge is 0.370 e. The highest BCUT2D eigenvalue weighted by Crippen LogP contribution is 2.52. The van der Waals surface area contributed by atoms with E-state index in [0.717, 1.165) is 50.2 Å². The maximum absolute atomic E-state index is 14.4. The fourth-order valence-corrected chi connectivity index (χ4v) is 7.28. The second kappa shape index (κ2) is 10.7. The molecule has 4 heterocycles. The molecular formula is C31H38F3N7O. The number of likely N-dealkylation sites (tertiary alicyclic amines) is 1. The molecule has 1 aliphatic carbocycles. The summed E-state index contributed by atoms with van der Waals surface area (Å²) in [4.78, 5) is 22.2. The number of rotatable bonds is 7. The predicted molar refractivity (Wildman–Crippen MR) is 154 cm³/mol. The summed E-state index contributed by atoms with van der Waals surface area (Å²) in [5, 5.41) is 11.8. The number of piperidine rings is 1. The third kappa shape index (κ3) is 5.05. The number of alkyl halides is 3. The number of amides is 1. The SMILES string of the molecule is CCNc1cc(C2(c3nncn3C)CC(C)C2)cc(N2Cc3c(cc(CN4CCC[C@H](C)C4)cc3C(F)(F)F)C2=O)n1. The first-order valence-corrected chi connectivity index (χ1v) is 14.9. The minimum absolute atomic E-state index is 0.0146. The molecule has 1 atom stereocenters. The van der Waals surface area contributed by atoms with Gasteiger partial charge in [-0.3, -0.25) is 14.6 Å². The van der Waals surface area contributed by atoms with Gasteiger partial charge in [0.2, 0.25) is 0 Å². The lowest BCUT2D eigenvalue weighted by Crippen LogP contribution is -2.43. The number of benzene rings is 1. The van der Waals surface area contributed by atoms with Crippen molar-refractivity contribution in [2.24, 2.45) is 18.9 Å². The quantitative estimate of drug-likeness (QED) is 0.382. The second-order valence-corrected chi connectivity index (χ2v) is 12.5. The highest BCUT2D eigenvalue weighted by molar-refractivity contribution is 6.10. The molecule has 2 aromatic heterocycles. The molecular weight excluding hydrogens is 543 g/mol. The van der Waals surface area contributed by atoms with E-state index >= 15 is 0 Å². The molecule has 1 aromatic carbocycles. The third-order valence-corrected chi connectivity index (χ3v) is 9.09. The number of fused-ring (bicyclic) bond motifs is 1. The van der Waals surface area contributed by atoms with Crippen LogP contribution in [0.25, 0.3) is 0 Å². The van der Waals surface area contributed by atoms with Crippen LogP contribution in [0.4, 0.5) is 24.8 Å². The van der Waals surface area contributed by atoms with E-state index in [1.165, 1.54) is 11.0 Å². The topological polar surface area (TPSA) is 79.2 Å². The molecule has 224 valence electrons. The van der Waals surface area contributed by atoms with Crippen LogP contribution in [0.15, 0.2) is 30.6 Å². The molecule has 42 heavy (non-hydrogen) atoms. The second-order valence-electron chi connectivity index (χ2n) is 12.5. The molecule has 1 N–H and O–H groups in total. The van der Waals surface area contributed by atoms with Crippen molar-refractivity contribution in [3.63, 3.8) is 0 Å². The van der Waals surface area contributed by atoms with Gasteiger partial charge in [0.25, 0.3) is 5.91 Å². The summed E-state index contributed by atoms with van der Waals surface area (Å²) in [7, 11) is 1.91. The molecule has 0 bridgehead atoms. The van der Waals surface area contributed by atoms with E-state index in [0.29, 0.717) is 42.1 Å². The van der Waals surface area contributed by atoms with Crippen LogP contribution in [0.3, 0.4) is 0 Å². The van der Waals surface area contributed by atoms with Crippen molar-refractivity contribution in [3.05, 3.63) is 64.2 Å². The van der Waals surface area contributed by atoms with Crippen LogP contribution >= 0.6 is 0 Å². The van der Waals surface area contributed by atoms with Gasteiger partial charge in [-0.25, -0.2) is 4.98 Å². The Bertz CT molecular complexity index is 1490. The number of carbonyl (C=O) groups excluding carboxylic acids is 1. The number of carbonyl (C=O) groups is 1. The summed E-state index contributed by atoms with van der Waals surface area (Å²) >= 11 is 0. The van der Waals surface area contributed by atoms with E-state index in [4.69, 9.17) is 4.98 Å². The van der Waals surface area contributed by atoms with Gasteiger partial charge in [-0.2, -0.15) is 13.2 Å². The first-order chi connectivity index (χ1) is 20.0. The largest absolute Gasteiger partial charge is 0.416 e. The highest BCUT2D eigenvalue weighted by Gasteiger charge is 2.49. The average molecular weight is 582 g/mol. The Morgan fingerprint density at radius 1 is 1.12 bits per heavy atom.